The van der Waals surface area contributed by atoms with Crippen molar-refractivity contribution in [2.45, 2.75) is 38.6 Å². The van der Waals surface area contributed by atoms with Gasteiger partial charge in [0.1, 0.15) is 6.61 Å². The van der Waals surface area contributed by atoms with Gasteiger partial charge in [-0.3, -0.25) is 0 Å². The molecule has 82 valence electrons. The summed E-state index contributed by atoms with van der Waals surface area (Å²) in [4.78, 5) is 11.2. The third-order valence-corrected chi connectivity index (χ3v) is 2.44. The largest absolute Gasteiger partial charge is 0.448 e. The van der Waals surface area contributed by atoms with E-state index in [4.69, 9.17) is 4.74 Å². The SMILES string of the molecule is CCNCCOC(=O)NC1CCCC1. The van der Waals surface area contributed by atoms with Crippen molar-refractivity contribution in [3.8, 4) is 0 Å². The van der Waals surface area contributed by atoms with Crippen LogP contribution in [0.1, 0.15) is 32.6 Å². The van der Waals surface area contributed by atoms with Crippen LogP contribution in [-0.4, -0.2) is 31.8 Å². The Kier molecular flexibility index (Phi) is 5.37. The first-order valence-electron chi connectivity index (χ1n) is 5.47. The van der Waals surface area contributed by atoms with Gasteiger partial charge < -0.3 is 15.4 Å². The van der Waals surface area contributed by atoms with E-state index in [-0.39, 0.29) is 6.09 Å². The molecule has 0 aromatic heterocycles. The molecule has 0 aliphatic heterocycles. The van der Waals surface area contributed by atoms with E-state index < -0.39 is 0 Å². The minimum absolute atomic E-state index is 0.269. The summed E-state index contributed by atoms with van der Waals surface area (Å²) in [6.45, 7) is 4.12. The maximum absolute atomic E-state index is 11.2. The lowest BCUT2D eigenvalue weighted by molar-refractivity contribution is 0.143. The average molecular weight is 200 g/mol. The molecule has 0 saturated heterocycles. The van der Waals surface area contributed by atoms with Crippen LogP contribution in [0.15, 0.2) is 0 Å². The Balaban J connectivity index is 1.98. The molecule has 1 rings (SSSR count). The van der Waals surface area contributed by atoms with Crippen molar-refractivity contribution in [2.75, 3.05) is 19.7 Å². The van der Waals surface area contributed by atoms with Crippen molar-refractivity contribution in [2.24, 2.45) is 0 Å². The molecule has 1 amide bonds. The van der Waals surface area contributed by atoms with E-state index >= 15 is 0 Å². The van der Waals surface area contributed by atoms with Crippen molar-refractivity contribution in [3.63, 3.8) is 0 Å². The summed E-state index contributed by atoms with van der Waals surface area (Å²) < 4.78 is 4.99. The van der Waals surface area contributed by atoms with Crippen LogP contribution in [-0.2, 0) is 4.74 Å². The predicted octanol–water partition coefficient (Wildman–Crippen LogP) is 1.26. The molecular formula is C10H20N2O2. The number of rotatable bonds is 5. The van der Waals surface area contributed by atoms with Crippen molar-refractivity contribution in [3.05, 3.63) is 0 Å². The lowest BCUT2D eigenvalue weighted by Crippen LogP contribution is -2.34. The highest BCUT2D eigenvalue weighted by molar-refractivity contribution is 5.67. The third kappa shape index (κ3) is 4.46. The molecule has 0 unspecified atom stereocenters. The molecule has 4 heteroatoms. The molecule has 0 heterocycles. The fraction of sp³-hybridized carbons (Fsp3) is 0.900. The van der Waals surface area contributed by atoms with Crippen LogP contribution >= 0.6 is 0 Å². The smallest absolute Gasteiger partial charge is 0.407 e. The molecule has 0 aromatic rings. The Morgan fingerprint density at radius 2 is 2.14 bits per heavy atom. The number of carbonyl (C=O) groups is 1. The number of ether oxygens (including phenoxy) is 1. The molecule has 0 bridgehead atoms. The van der Waals surface area contributed by atoms with Crippen molar-refractivity contribution in [1.82, 2.24) is 10.6 Å². The second-order valence-electron chi connectivity index (χ2n) is 3.62. The van der Waals surface area contributed by atoms with Gasteiger partial charge >= 0.3 is 6.09 Å². The first-order valence-corrected chi connectivity index (χ1v) is 5.47. The monoisotopic (exact) mass is 200 g/mol. The van der Waals surface area contributed by atoms with E-state index in [0.29, 0.717) is 12.6 Å². The molecular weight excluding hydrogens is 180 g/mol. The van der Waals surface area contributed by atoms with Crippen LogP contribution in [0.3, 0.4) is 0 Å². The Morgan fingerprint density at radius 3 is 2.79 bits per heavy atom. The molecule has 1 aliphatic rings. The maximum atomic E-state index is 11.2. The summed E-state index contributed by atoms with van der Waals surface area (Å²) in [5, 5.41) is 5.96. The lowest BCUT2D eigenvalue weighted by atomic mass is 10.3. The van der Waals surface area contributed by atoms with Gasteiger partial charge in [0.05, 0.1) is 0 Å². The predicted molar refractivity (Wildman–Crippen MR) is 55.3 cm³/mol. The highest BCUT2D eigenvalue weighted by atomic mass is 16.5. The van der Waals surface area contributed by atoms with E-state index in [1.54, 1.807) is 0 Å². The molecule has 1 aliphatic carbocycles. The van der Waals surface area contributed by atoms with Crippen molar-refractivity contribution < 1.29 is 9.53 Å². The quantitative estimate of drug-likeness (QED) is 0.657. The minimum Gasteiger partial charge on any atom is -0.448 e. The van der Waals surface area contributed by atoms with Gasteiger partial charge in [-0.05, 0) is 19.4 Å². The summed E-state index contributed by atoms with van der Waals surface area (Å²) >= 11 is 0. The summed E-state index contributed by atoms with van der Waals surface area (Å²) in [6.07, 6.45) is 4.38. The number of carbonyl (C=O) groups excluding carboxylic acids is 1. The van der Waals surface area contributed by atoms with E-state index in [9.17, 15) is 4.79 Å². The van der Waals surface area contributed by atoms with Crippen LogP contribution < -0.4 is 10.6 Å². The van der Waals surface area contributed by atoms with Crippen LogP contribution in [0.4, 0.5) is 4.79 Å². The Labute approximate surface area is 85.4 Å². The molecule has 0 aromatic carbocycles. The number of hydrogen-bond acceptors (Lipinski definition) is 3. The Bertz CT molecular complexity index is 168. The molecule has 1 saturated carbocycles. The zero-order valence-electron chi connectivity index (χ0n) is 8.84. The fourth-order valence-corrected chi connectivity index (χ4v) is 1.67. The van der Waals surface area contributed by atoms with Gasteiger partial charge in [0.15, 0.2) is 0 Å². The van der Waals surface area contributed by atoms with E-state index in [0.717, 1.165) is 25.9 Å². The van der Waals surface area contributed by atoms with E-state index in [1.807, 2.05) is 6.92 Å². The molecule has 0 spiro atoms. The van der Waals surface area contributed by atoms with Crippen molar-refractivity contribution in [1.29, 1.82) is 0 Å². The molecule has 1 fully saturated rings. The molecule has 4 nitrogen and oxygen atoms in total. The van der Waals surface area contributed by atoms with E-state index in [1.165, 1.54) is 12.8 Å². The normalized spacial score (nSPS) is 16.9. The fourth-order valence-electron chi connectivity index (χ4n) is 1.67. The third-order valence-electron chi connectivity index (χ3n) is 2.44. The first kappa shape index (κ1) is 11.3. The van der Waals surface area contributed by atoms with Gasteiger partial charge in [-0.2, -0.15) is 0 Å². The standard InChI is InChI=1S/C10H20N2O2/c1-2-11-7-8-14-10(13)12-9-5-3-4-6-9/h9,11H,2-8H2,1H3,(H,12,13). The molecule has 2 N–H and O–H groups in total. The van der Waals surface area contributed by atoms with Gasteiger partial charge in [-0.1, -0.05) is 19.8 Å². The number of hydrogen-bond donors (Lipinski definition) is 2. The minimum atomic E-state index is -0.269. The Morgan fingerprint density at radius 1 is 1.43 bits per heavy atom. The highest BCUT2D eigenvalue weighted by Gasteiger charge is 2.17. The second-order valence-corrected chi connectivity index (χ2v) is 3.62. The second kappa shape index (κ2) is 6.65. The zero-order valence-corrected chi connectivity index (χ0v) is 8.84. The van der Waals surface area contributed by atoms with Gasteiger partial charge in [-0.15, -0.1) is 0 Å². The van der Waals surface area contributed by atoms with E-state index in [2.05, 4.69) is 10.6 Å². The van der Waals surface area contributed by atoms with Crippen molar-refractivity contribution >= 4 is 6.09 Å². The topological polar surface area (TPSA) is 50.4 Å². The number of amides is 1. The molecule has 14 heavy (non-hydrogen) atoms. The van der Waals surface area contributed by atoms with Crippen LogP contribution in [0.2, 0.25) is 0 Å². The van der Waals surface area contributed by atoms with Crippen LogP contribution in [0.25, 0.3) is 0 Å². The van der Waals surface area contributed by atoms with Gasteiger partial charge in [0, 0.05) is 12.6 Å². The Hall–Kier alpha value is -0.770. The van der Waals surface area contributed by atoms with Crippen LogP contribution in [0, 0.1) is 0 Å². The average Bonchev–Trinajstić information content (AvgIpc) is 2.65. The molecule has 0 radical (unpaired) electrons. The summed E-state index contributed by atoms with van der Waals surface area (Å²) in [7, 11) is 0. The molecule has 0 atom stereocenters. The summed E-state index contributed by atoms with van der Waals surface area (Å²) in [5.41, 5.74) is 0. The summed E-state index contributed by atoms with van der Waals surface area (Å²) in [6, 6.07) is 0.349. The van der Waals surface area contributed by atoms with Gasteiger partial charge in [-0.25, -0.2) is 4.79 Å². The highest BCUT2D eigenvalue weighted by Crippen LogP contribution is 2.17. The maximum Gasteiger partial charge on any atom is 0.407 e. The van der Waals surface area contributed by atoms with Crippen LogP contribution in [0.5, 0.6) is 0 Å². The zero-order chi connectivity index (χ0) is 10.2. The lowest BCUT2D eigenvalue weighted by Gasteiger charge is -2.11. The number of nitrogens with one attached hydrogen (secondary N) is 2. The number of likely N-dealkylation sites (N-methyl/N-ethyl adjacent to an activating group) is 1. The number of alkyl carbamates (subject to hydrolysis) is 1. The first-order chi connectivity index (χ1) is 6.83. The van der Waals surface area contributed by atoms with Gasteiger partial charge in [0.2, 0.25) is 0 Å². The van der Waals surface area contributed by atoms with Gasteiger partial charge in [0.25, 0.3) is 0 Å². The summed E-state index contributed by atoms with van der Waals surface area (Å²) in [5.74, 6) is 0.